The highest BCUT2D eigenvalue weighted by atomic mass is 79.9. The lowest BCUT2D eigenvalue weighted by molar-refractivity contribution is 0.386. The highest BCUT2D eigenvalue weighted by Crippen LogP contribution is 2.37. The summed E-state index contributed by atoms with van der Waals surface area (Å²) in [5.41, 5.74) is 0.954. The van der Waals surface area contributed by atoms with Gasteiger partial charge in [0.25, 0.3) is 0 Å². The Labute approximate surface area is 127 Å². The van der Waals surface area contributed by atoms with Crippen LogP contribution in [0.3, 0.4) is 0 Å². The Hall–Kier alpha value is -1.20. The van der Waals surface area contributed by atoms with E-state index in [-0.39, 0.29) is 10.8 Å². The zero-order valence-electron chi connectivity index (χ0n) is 10.3. The number of hydrogen-bond acceptors (Lipinski definition) is 1. The molecule has 0 radical (unpaired) electrons. The lowest BCUT2D eigenvalue weighted by atomic mass is 10.0. The van der Waals surface area contributed by atoms with Crippen LogP contribution in [0.1, 0.15) is 16.0 Å². The summed E-state index contributed by atoms with van der Waals surface area (Å²) in [5.74, 6) is -2.46. The van der Waals surface area contributed by atoms with Gasteiger partial charge in [-0.25, -0.2) is 13.2 Å². The second kappa shape index (κ2) is 6.06. The molecule has 1 nitrogen and oxygen atoms in total. The Balaban J connectivity index is 2.46. The molecule has 2 aromatic rings. The van der Waals surface area contributed by atoms with E-state index < -0.39 is 22.3 Å². The van der Waals surface area contributed by atoms with Crippen molar-refractivity contribution in [1.82, 2.24) is 0 Å². The van der Waals surface area contributed by atoms with E-state index in [1.54, 1.807) is 0 Å². The molecule has 106 valence electrons. The van der Waals surface area contributed by atoms with Gasteiger partial charge < -0.3 is 4.74 Å². The van der Waals surface area contributed by atoms with Crippen LogP contribution in [0, 0.1) is 17.5 Å². The summed E-state index contributed by atoms with van der Waals surface area (Å²) in [4.78, 5) is -0.514. The molecule has 0 amide bonds. The van der Waals surface area contributed by atoms with Crippen LogP contribution in [0.25, 0.3) is 0 Å². The molecule has 0 heterocycles. The Morgan fingerprint density at radius 2 is 1.70 bits per heavy atom. The molecule has 2 aromatic carbocycles. The molecule has 1 unspecified atom stereocenters. The molecule has 0 saturated carbocycles. The van der Waals surface area contributed by atoms with Gasteiger partial charge in [-0.2, -0.15) is 0 Å². The summed E-state index contributed by atoms with van der Waals surface area (Å²) < 4.78 is 44.6. The van der Waals surface area contributed by atoms with E-state index in [1.165, 1.54) is 25.3 Å². The van der Waals surface area contributed by atoms with E-state index in [0.717, 1.165) is 12.1 Å². The molecule has 0 aliphatic heterocycles. The maximum Gasteiger partial charge on any atom is 0.165 e. The van der Waals surface area contributed by atoms with Crippen molar-refractivity contribution in [3.63, 3.8) is 0 Å². The first-order chi connectivity index (χ1) is 9.43. The zero-order chi connectivity index (χ0) is 14.9. The number of hydrogen-bond donors (Lipinski definition) is 0. The van der Waals surface area contributed by atoms with Crippen LogP contribution < -0.4 is 4.74 Å². The maximum absolute atomic E-state index is 13.4. The summed E-state index contributed by atoms with van der Waals surface area (Å²) in [5, 5.41) is 0.0778. The van der Waals surface area contributed by atoms with E-state index in [2.05, 4.69) is 15.9 Å². The van der Waals surface area contributed by atoms with Crippen molar-refractivity contribution in [2.75, 3.05) is 7.11 Å². The van der Waals surface area contributed by atoms with Gasteiger partial charge in [-0.1, -0.05) is 33.6 Å². The Morgan fingerprint density at radius 1 is 1.05 bits per heavy atom. The van der Waals surface area contributed by atoms with Gasteiger partial charge >= 0.3 is 0 Å². The second-order valence-corrected chi connectivity index (χ2v) is 5.37. The fourth-order valence-electron chi connectivity index (χ4n) is 1.75. The van der Waals surface area contributed by atoms with Crippen molar-refractivity contribution in [2.45, 2.75) is 4.83 Å². The molecule has 0 fully saturated rings. The third kappa shape index (κ3) is 2.94. The first-order valence-corrected chi connectivity index (χ1v) is 6.85. The van der Waals surface area contributed by atoms with Crippen molar-refractivity contribution < 1.29 is 17.9 Å². The van der Waals surface area contributed by atoms with Gasteiger partial charge in [0.15, 0.2) is 23.2 Å². The molecule has 0 aliphatic carbocycles. The van der Waals surface area contributed by atoms with Crippen molar-refractivity contribution in [2.24, 2.45) is 0 Å². The lowest BCUT2D eigenvalue weighted by Gasteiger charge is -2.14. The summed E-state index contributed by atoms with van der Waals surface area (Å²) in [6, 6.07) is 6.12. The van der Waals surface area contributed by atoms with E-state index >= 15 is 0 Å². The van der Waals surface area contributed by atoms with Crippen LogP contribution in [0.5, 0.6) is 5.75 Å². The fourth-order valence-corrected chi connectivity index (χ4v) is 2.80. The quantitative estimate of drug-likeness (QED) is 0.533. The maximum atomic E-state index is 13.4. The Kier molecular flexibility index (Phi) is 4.60. The van der Waals surface area contributed by atoms with E-state index in [4.69, 9.17) is 16.3 Å². The van der Waals surface area contributed by atoms with Crippen molar-refractivity contribution in [3.05, 3.63) is 63.9 Å². The normalized spacial score (nSPS) is 12.3. The Bertz CT molecular complexity index is 649. The lowest BCUT2D eigenvalue weighted by Crippen LogP contribution is -1.98. The monoisotopic (exact) mass is 364 g/mol. The average Bonchev–Trinajstić information content (AvgIpc) is 2.42. The van der Waals surface area contributed by atoms with Gasteiger partial charge in [0.2, 0.25) is 0 Å². The molecule has 2 rings (SSSR count). The molecule has 0 saturated heterocycles. The number of ether oxygens (including phenoxy) is 1. The molecule has 0 aliphatic rings. The number of benzene rings is 2. The average molecular weight is 366 g/mol. The predicted molar refractivity (Wildman–Crippen MR) is 75.1 cm³/mol. The van der Waals surface area contributed by atoms with Crippen LogP contribution in [-0.2, 0) is 0 Å². The number of methoxy groups -OCH3 is 1. The highest BCUT2D eigenvalue weighted by molar-refractivity contribution is 9.09. The molecule has 1 atom stereocenters. The molecular formula is C14H9BrClF3O. The number of halogens is 5. The third-order valence-electron chi connectivity index (χ3n) is 2.78. The zero-order valence-corrected chi connectivity index (χ0v) is 12.6. The molecule has 0 aromatic heterocycles. The SMILES string of the molecule is COc1cc(C(Br)c2cc(F)c(F)cc2Cl)ccc1F. The topological polar surface area (TPSA) is 9.23 Å². The van der Waals surface area contributed by atoms with Crippen molar-refractivity contribution in [1.29, 1.82) is 0 Å². The van der Waals surface area contributed by atoms with Gasteiger partial charge in [-0.3, -0.25) is 0 Å². The first kappa shape index (κ1) is 15.2. The molecule has 6 heteroatoms. The largest absolute Gasteiger partial charge is 0.494 e. The third-order valence-corrected chi connectivity index (χ3v) is 4.13. The van der Waals surface area contributed by atoms with Crippen LogP contribution >= 0.6 is 27.5 Å². The van der Waals surface area contributed by atoms with Gasteiger partial charge in [-0.15, -0.1) is 0 Å². The van der Waals surface area contributed by atoms with Gasteiger partial charge in [0.05, 0.1) is 11.9 Å². The van der Waals surface area contributed by atoms with E-state index in [9.17, 15) is 13.2 Å². The standard InChI is InChI=1S/C14H9BrClF3O/c1-20-13-4-7(2-3-10(13)17)14(15)8-5-11(18)12(19)6-9(8)16/h2-6,14H,1H3. The minimum Gasteiger partial charge on any atom is -0.494 e. The van der Waals surface area contributed by atoms with Crippen molar-refractivity contribution >= 4 is 27.5 Å². The van der Waals surface area contributed by atoms with Gasteiger partial charge in [0.1, 0.15) is 0 Å². The van der Waals surface area contributed by atoms with Crippen LogP contribution in [0.4, 0.5) is 13.2 Å². The smallest absolute Gasteiger partial charge is 0.165 e. The van der Waals surface area contributed by atoms with Crippen LogP contribution in [0.2, 0.25) is 5.02 Å². The van der Waals surface area contributed by atoms with Crippen LogP contribution in [-0.4, -0.2) is 7.11 Å². The molecular weight excluding hydrogens is 357 g/mol. The highest BCUT2D eigenvalue weighted by Gasteiger charge is 2.18. The van der Waals surface area contributed by atoms with Gasteiger partial charge in [0, 0.05) is 5.02 Å². The minimum absolute atomic E-state index is 0.0608. The molecule has 0 bridgehead atoms. The minimum atomic E-state index is -1.02. The molecule has 0 spiro atoms. The Morgan fingerprint density at radius 3 is 2.35 bits per heavy atom. The summed E-state index contributed by atoms with van der Waals surface area (Å²) in [6.07, 6.45) is 0. The number of alkyl halides is 1. The molecule has 20 heavy (non-hydrogen) atoms. The summed E-state index contributed by atoms with van der Waals surface area (Å²) in [7, 11) is 1.34. The first-order valence-electron chi connectivity index (χ1n) is 5.56. The second-order valence-electron chi connectivity index (χ2n) is 4.04. The fraction of sp³-hybridized carbons (Fsp3) is 0.143. The molecule has 0 N–H and O–H groups in total. The summed E-state index contributed by atoms with van der Waals surface area (Å²) in [6.45, 7) is 0. The summed E-state index contributed by atoms with van der Waals surface area (Å²) >= 11 is 9.25. The van der Waals surface area contributed by atoms with Crippen LogP contribution in [0.15, 0.2) is 30.3 Å². The van der Waals surface area contributed by atoms with E-state index in [1.807, 2.05) is 0 Å². The number of rotatable bonds is 3. The van der Waals surface area contributed by atoms with Crippen molar-refractivity contribution in [3.8, 4) is 5.75 Å². The van der Waals surface area contributed by atoms with E-state index in [0.29, 0.717) is 11.1 Å². The predicted octanol–water partition coefficient (Wildman–Crippen LogP) is 5.25. The van der Waals surface area contributed by atoms with Gasteiger partial charge in [-0.05, 0) is 35.4 Å².